The SMILES string of the molecule is Cc1ccc(NC(=O)CC(=O)N2CCn3cccc3[C@@H]2c2ccccc2C)cc1. The lowest BCUT2D eigenvalue weighted by molar-refractivity contribution is -0.136. The molecule has 1 aliphatic heterocycles. The smallest absolute Gasteiger partial charge is 0.233 e. The van der Waals surface area contributed by atoms with Crippen LogP contribution in [0, 0.1) is 13.8 Å². The Hall–Kier alpha value is -3.34. The fraction of sp³-hybridized carbons (Fsp3) is 0.250. The molecule has 0 aliphatic carbocycles. The Morgan fingerprint density at radius 3 is 2.48 bits per heavy atom. The number of hydrogen-bond donors (Lipinski definition) is 1. The van der Waals surface area contributed by atoms with Gasteiger partial charge in [0.25, 0.3) is 0 Å². The first kappa shape index (κ1) is 19.0. The predicted octanol–water partition coefficient (Wildman–Crippen LogP) is 4.07. The van der Waals surface area contributed by atoms with Crippen LogP contribution in [0.25, 0.3) is 0 Å². The molecule has 5 heteroatoms. The second-order valence-corrected chi connectivity index (χ2v) is 7.56. The number of nitrogens with one attached hydrogen (secondary N) is 1. The van der Waals surface area contributed by atoms with Crippen molar-refractivity contribution in [1.29, 1.82) is 0 Å². The first-order valence-corrected chi connectivity index (χ1v) is 9.89. The summed E-state index contributed by atoms with van der Waals surface area (Å²) in [5.74, 6) is -0.446. The summed E-state index contributed by atoms with van der Waals surface area (Å²) in [5, 5.41) is 2.83. The average Bonchev–Trinajstić information content (AvgIpc) is 3.18. The molecule has 0 radical (unpaired) electrons. The summed E-state index contributed by atoms with van der Waals surface area (Å²) < 4.78 is 2.19. The number of rotatable bonds is 4. The number of nitrogens with zero attached hydrogens (tertiary/aromatic N) is 2. The molecule has 2 aromatic carbocycles. The second kappa shape index (κ2) is 7.95. The minimum atomic E-state index is -0.289. The highest BCUT2D eigenvalue weighted by Gasteiger charge is 2.33. The molecule has 3 aromatic rings. The van der Waals surface area contributed by atoms with Crippen LogP contribution < -0.4 is 5.32 Å². The normalized spacial score (nSPS) is 15.7. The van der Waals surface area contributed by atoms with Crippen molar-refractivity contribution in [3.63, 3.8) is 0 Å². The van der Waals surface area contributed by atoms with Crippen molar-refractivity contribution in [2.24, 2.45) is 0 Å². The first-order chi connectivity index (χ1) is 14.0. The van der Waals surface area contributed by atoms with Crippen molar-refractivity contribution < 1.29 is 9.59 Å². The van der Waals surface area contributed by atoms with Gasteiger partial charge in [-0.25, -0.2) is 0 Å². The van der Waals surface area contributed by atoms with Gasteiger partial charge in [-0.3, -0.25) is 9.59 Å². The van der Waals surface area contributed by atoms with Crippen molar-refractivity contribution >= 4 is 17.5 Å². The molecule has 4 rings (SSSR count). The van der Waals surface area contributed by atoms with Crippen LogP contribution in [0.4, 0.5) is 5.69 Å². The van der Waals surface area contributed by atoms with Gasteiger partial charge in [-0.05, 0) is 49.2 Å². The number of fused-ring (bicyclic) bond motifs is 1. The highest BCUT2D eigenvalue weighted by atomic mass is 16.2. The maximum atomic E-state index is 13.1. The molecule has 2 amide bonds. The Balaban J connectivity index is 1.55. The highest BCUT2D eigenvalue weighted by molar-refractivity contribution is 6.03. The summed E-state index contributed by atoms with van der Waals surface area (Å²) in [5.41, 5.74) is 5.14. The van der Waals surface area contributed by atoms with Crippen LogP contribution in [0.1, 0.15) is 34.8 Å². The number of anilines is 1. The molecule has 0 spiro atoms. The fourth-order valence-corrected chi connectivity index (χ4v) is 3.95. The van der Waals surface area contributed by atoms with Gasteiger partial charge in [0.1, 0.15) is 6.42 Å². The van der Waals surface area contributed by atoms with E-state index < -0.39 is 0 Å². The minimum Gasteiger partial charge on any atom is -0.348 e. The van der Waals surface area contributed by atoms with Crippen molar-refractivity contribution in [2.75, 3.05) is 11.9 Å². The van der Waals surface area contributed by atoms with Crippen molar-refractivity contribution in [3.8, 4) is 0 Å². The molecule has 1 atom stereocenters. The molecule has 0 saturated heterocycles. The number of hydrogen-bond acceptors (Lipinski definition) is 2. The molecule has 1 aliphatic rings. The van der Waals surface area contributed by atoms with Crippen LogP contribution in [0.3, 0.4) is 0 Å². The molecular formula is C24H25N3O2. The second-order valence-electron chi connectivity index (χ2n) is 7.56. The van der Waals surface area contributed by atoms with Crippen molar-refractivity contribution in [2.45, 2.75) is 32.9 Å². The molecular weight excluding hydrogens is 362 g/mol. The van der Waals surface area contributed by atoms with E-state index in [0.717, 1.165) is 28.9 Å². The van der Waals surface area contributed by atoms with Crippen molar-refractivity contribution in [1.82, 2.24) is 9.47 Å². The van der Waals surface area contributed by atoms with Gasteiger partial charge in [-0.15, -0.1) is 0 Å². The van der Waals surface area contributed by atoms with E-state index in [9.17, 15) is 9.59 Å². The molecule has 0 saturated carbocycles. The van der Waals surface area contributed by atoms with E-state index in [4.69, 9.17) is 0 Å². The lowest BCUT2D eigenvalue weighted by Crippen LogP contribution is -2.43. The van der Waals surface area contributed by atoms with Gasteiger partial charge < -0.3 is 14.8 Å². The van der Waals surface area contributed by atoms with Gasteiger partial charge in [0, 0.05) is 30.7 Å². The summed E-state index contributed by atoms with van der Waals surface area (Å²) in [6, 6.07) is 19.6. The molecule has 29 heavy (non-hydrogen) atoms. The molecule has 5 nitrogen and oxygen atoms in total. The molecule has 1 aromatic heterocycles. The topological polar surface area (TPSA) is 54.3 Å². The zero-order chi connectivity index (χ0) is 20.4. The van der Waals surface area contributed by atoms with Gasteiger partial charge in [0.05, 0.1) is 6.04 Å². The lowest BCUT2D eigenvalue weighted by atomic mass is 9.95. The van der Waals surface area contributed by atoms with E-state index in [1.54, 1.807) is 0 Å². The third-order valence-electron chi connectivity index (χ3n) is 5.49. The summed E-state index contributed by atoms with van der Waals surface area (Å²) >= 11 is 0. The van der Waals surface area contributed by atoms with E-state index in [1.165, 1.54) is 0 Å². The molecule has 0 unspecified atom stereocenters. The van der Waals surface area contributed by atoms with Crippen LogP contribution >= 0.6 is 0 Å². The van der Waals surface area contributed by atoms with E-state index >= 15 is 0 Å². The van der Waals surface area contributed by atoms with Crippen LogP contribution in [-0.2, 0) is 16.1 Å². The number of aryl methyl sites for hydroxylation is 2. The monoisotopic (exact) mass is 387 g/mol. The molecule has 0 fully saturated rings. The van der Waals surface area contributed by atoms with E-state index in [-0.39, 0.29) is 24.3 Å². The largest absolute Gasteiger partial charge is 0.348 e. The molecule has 1 N–H and O–H groups in total. The Morgan fingerprint density at radius 2 is 1.72 bits per heavy atom. The Morgan fingerprint density at radius 1 is 0.966 bits per heavy atom. The number of carbonyl (C=O) groups excluding carboxylic acids is 2. The summed E-state index contributed by atoms with van der Waals surface area (Å²) in [7, 11) is 0. The van der Waals surface area contributed by atoms with Crippen LogP contribution in [0.5, 0.6) is 0 Å². The Bertz CT molecular complexity index is 1040. The predicted molar refractivity (Wildman–Crippen MR) is 114 cm³/mol. The van der Waals surface area contributed by atoms with Gasteiger partial charge in [-0.1, -0.05) is 42.0 Å². The van der Waals surface area contributed by atoms with Crippen LogP contribution in [0.15, 0.2) is 66.9 Å². The van der Waals surface area contributed by atoms with Crippen molar-refractivity contribution in [3.05, 3.63) is 89.2 Å². The summed E-state index contributed by atoms with van der Waals surface area (Å²) in [6.07, 6.45) is 1.88. The minimum absolute atomic E-state index is 0.157. The van der Waals surface area contributed by atoms with Gasteiger partial charge >= 0.3 is 0 Å². The first-order valence-electron chi connectivity index (χ1n) is 9.89. The number of benzene rings is 2. The van der Waals surface area contributed by atoms with Gasteiger partial charge in [0.2, 0.25) is 11.8 Å². The number of carbonyl (C=O) groups is 2. The third-order valence-corrected chi connectivity index (χ3v) is 5.49. The molecule has 148 valence electrons. The van der Waals surface area contributed by atoms with Gasteiger partial charge in [-0.2, -0.15) is 0 Å². The van der Waals surface area contributed by atoms with Crippen LogP contribution in [-0.4, -0.2) is 27.8 Å². The Kier molecular flexibility index (Phi) is 5.21. The fourth-order valence-electron chi connectivity index (χ4n) is 3.95. The van der Waals surface area contributed by atoms with E-state index in [0.29, 0.717) is 12.2 Å². The highest BCUT2D eigenvalue weighted by Crippen LogP contribution is 2.34. The zero-order valence-corrected chi connectivity index (χ0v) is 16.8. The quantitative estimate of drug-likeness (QED) is 0.686. The van der Waals surface area contributed by atoms with E-state index in [2.05, 4.69) is 35.0 Å². The molecule has 0 bridgehead atoms. The standard InChI is InChI=1S/C24H25N3O2/c1-17-9-11-19(12-10-17)25-22(28)16-23(29)27-15-14-26-13-5-8-21(26)24(27)20-7-4-3-6-18(20)2/h3-13,24H,14-16H2,1-2H3,(H,25,28)/t24-/m0/s1. The zero-order valence-electron chi connectivity index (χ0n) is 16.8. The number of aromatic nitrogens is 1. The number of amides is 2. The summed E-state index contributed by atoms with van der Waals surface area (Å²) in [6.45, 7) is 5.37. The summed E-state index contributed by atoms with van der Waals surface area (Å²) in [4.78, 5) is 27.5. The average molecular weight is 387 g/mol. The lowest BCUT2D eigenvalue weighted by Gasteiger charge is -2.38. The molecule has 2 heterocycles. The maximum absolute atomic E-state index is 13.1. The maximum Gasteiger partial charge on any atom is 0.233 e. The van der Waals surface area contributed by atoms with Crippen LogP contribution in [0.2, 0.25) is 0 Å². The van der Waals surface area contributed by atoms with Gasteiger partial charge in [0.15, 0.2) is 0 Å². The third kappa shape index (κ3) is 3.94. The Labute approximate surface area is 171 Å². The van der Waals surface area contributed by atoms with E-state index in [1.807, 2.05) is 60.5 Å².